The number of amides is 1. The first-order valence-corrected chi connectivity index (χ1v) is 8.83. The van der Waals surface area contributed by atoms with E-state index < -0.39 is 0 Å². The van der Waals surface area contributed by atoms with Crippen LogP contribution in [0.2, 0.25) is 0 Å². The van der Waals surface area contributed by atoms with Gasteiger partial charge in [0.25, 0.3) is 5.91 Å². The maximum Gasteiger partial charge on any atom is 0.254 e. The third kappa shape index (κ3) is 2.52. The van der Waals surface area contributed by atoms with Gasteiger partial charge in [-0.3, -0.25) is 9.78 Å². The van der Waals surface area contributed by atoms with E-state index >= 15 is 0 Å². The molecule has 3 heteroatoms. The molecule has 23 heavy (non-hydrogen) atoms. The number of para-hydroxylation sites is 1. The fraction of sp³-hybridized carbons (Fsp3) is 0.500. The van der Waals surface area contributed by atoms with Crippen LogP contribution in [0.4, 0.5) is 0 Å². The molecule has 4 rings (SSSR count). The van der Waals surface area contributed by atoms with Gasteiger partial charge in [-0.15, -0.1) is 0 Å². The van der Waals surface area contributed by atoms with Gasteiger partial charge in [-0.25, -0.2) is 0 Å². The number of carbonyl (C=O) groups excluding carboxylic acids is 1. The van der Waals surface area contributed by atoms with Gasteiger partial charge in [-0.05, 0) is 49.1 Å². The molecule has 1 aliphatic heterocycles. The van der Waals surface area contributed by atoms with Crippen molar-refractivity contribution in [1.82, 2.24) is 9.88 Å². The van der Waals surface area contributed by atoms with E-state index in [4.69, 9.17) is 4.98 Å². The van der Waals surface area contributed by atoms with Crippen LogP contribution in [-0.4, -0.2) is 28.9 Å². The van der Waals surface area contributed by atoms with Crippen molar-refractivity contribution < 1.29 is 4.79 Å². The summed E-state index contributed by atoms with van der Waals surface area (Å²) in [6.45, 7) is 6.28. The molecule has 1 aromatic carbocycles. The summed E-state index contributed by atoms with van der Waals surface area (Å²) in [5.74, 6) is 1.40. The van der Waals surface area contributed by atoms with Crippen LogP contribution in [0.25, 0.3) is 10.9 Å². The van der Waals surface area contributed by atoms with E-state index in [0.29, 0.717) is 11.8 Å². The van der Waals surface area contributed by atoms with Crippen molar-refractivity contribution in [3.8, 4) is 0 Å². The number of hydrogen-bond acceptors (Lipinski definition) is 2. The summed E-state index contributed by atoms with van der Waals surface area (Å²) in [4.78, 5) is 20.2. The quantitative estimate of drug-likeness (QED) is 0.802. The number of aromatic nitrogens is 1. The largest absolute Gasteiger partial charge is 0.338 e. The molecule has 0 saturated carbocycles. The molecule has 0 N–H and O–H groups in total. The van der Waals surface area contributed by atoms with Gasteiger partial charge in [0.1, 0.15) is 0 Å². The van der Waals surface area contributed by atoms with Crippen molar-refractivity contribution in [2.24, 2.45) is 11.8 Å². The van der Waals surface area contributed by atoms with Crippen molar-refractivity contribution in [2.45, 2.75) is 39.5 Å². The van der Waals surface area contributed by atoms with E-state index in [1.54, 1.807) is 0 Å². The molecule has 1 aromatic heterocycles. The van der Waals surface area contributed by atoms with Crippen molar-refractivity contribution >= 4 is 16.8 Å². The SMILES string of the molecule is CC1CC(C)CN(C(=O)c2c3c(nc4ccccc24)CCC3)C1. The molecule has 2 unspecified atom stereocenters. The highest BCUT2D eigenvalue weighted by Gasteiger charge is 2.30. The Labute approximate surface area is 137 Å². The molecule has 2 heterocycles. The molecule has 120 valence electrons. The summed E-state index contributed by atoms with van der Waals surface area (Å²) < 4.78 is 0. The normalized spacial score (nSPS) is 24.0. The molecule has 1 saturated heterocycles. The summed E-state index contributed by atoms with van der Waals surface area (Å²) in [5.41, 5.74) is 4.25. The van der Waals surface area contributed by atoms with Gasteiger partial charge in [-0.2, -0.15) is 0 Å². The minimum Gasteiger partial charge on any atom is -0.338 e. The van der Waals surface area contributed by atoms with Gasteiger partial charge in [0, 0.05) is 24.2 Å². The maximum atomic E-state index is 13.4. The molecule has 1 aliphatic carbocycles. The Balaban J connectivity index is 1.83. The first-order chi connectivity index (χ1) is 11.1. The van der Waals surface area contributed by atoms with E-state index in [1.165, 1.54) is 12.0 Å². The van der Waals surface area contributed by atoms with Gasteiger partial charge in [0.05, 0.1) is 11.1 Å². The van der Waals surface area contributed by atoms with Crippen molar-refractivity contribution in [3.05, 3.63) is 41.1 Å². The lowest BCUT2D eigenvalue weighted by Gasteiger charge is -2.35. The standard InChI is InChI=1S/C20H24N2O/c1-13-10-14(2)12-22(11-13)20(23)19-15-6-3-4-8-17(15)21-18-9-5-7-16(18)19/h3-4,6,8,13-14H,5,7,9-12H2,1-2H3. The van der Waals surface area contributed by atoms with E-state index in [1.807, 2.05) is 18.2 Å². The van der Waals surface area contributed by atoms with Crippen LogP contribution in [0.15, 0.2) is 24.3 Å². The maximum absolute atomic E-state index is 13.4. The van der Waals surface area contributed by atoms with Gasteiger partial charge in [0.15, 0.2) is 0 Å². The fourth-order valence-electron chi connectivity index (χ4n) is 4.44. The molecule has 1 amide bonds. The number of pyridine rings is 1. The highest BCUT2D eigenvalue weighted by atomic mass is 16.2. The molecule has 1 fully saturated rings. The Morgan fingerprint density at radius 2 is 1.87 bits per heavy atom. The van der Waals surface area contributed by atoms with E-state index in [9.17, 15) is 4.79 Å². The summed E-state index contributed by atoms with van der Waals surface area (Å²) >= 11 is 0. The fourth-order valence-corrected chi connectivity index (χ4v) is 4.44. The van der Waals surface area contributed by atoms with Crippen molar-refractivity contribution in [2.75, 3.05) is 13.1 Å². The van der Waals surface area contributed by atoms with Crippen LogP contribution in [0.3, 0.4) is 0 Å². The number of benzene rings is 1. The first-order valence-electron chi connectivity index (χ1n) is 8.83. The number of piperidine rings is 1. The summed E-state index contributed by atoms with van der Waals surface area (Å²) in [5, 5.41) is 1.03. The lowest BCUT2D eigenvalue weighted by molar-refractivity contribution is 0.0624. The van der Waals surface area contributed by atoms with Crippen LogP contribution < -0.4 is 0 Å². The Bertz CT molecular complexity index is 758. The second kappa shape index (κ2) is 5.63. The summed E-state index contributed by atoms with van der Waals surface area (Å²) in [6.07, 6.45) is 4.34. The second-order valence-corrected chi connectivity index (χ2v) is 7.44. The minimum absolute atomic E-state index is 0.222. The first kappa shape index (κ1) is 14.7. The lowest BCUT2D eigenvalue weighted by Crippen LogP contribution is -2.43. The van der Waals surface area contributed by atoms with Gasteiger partial charge in [-0.1, -0.05) is 32.0 Å². The number of rotatable bonds is 1. The average molecular weight is 308 g/mol. The number of fused-ring (bicyclic) bond motifs is 2. The lowest BCUT2D eigenvalue weighted by atomic mass is 9.90. The zero-order valence-electron chi connectivity index (χ0n) is 14.0. The number of nitrogens with zero attached hydrogens (tertiary/aromatic N) is 2. The molecule has 0 bridgehead atoms. The van der Waals surface area contributed by atoms with Crippen LogP contribution in [0, 0.1) is 11.8 Å². The predicted octanol–water partition coefficient (Wildman–Crippen LogP) is 3.84. The molecule has 3 nitrogen and oxygen atoms in total. The highest BCUT2D eigenvalue weighted by molar-refractivity contribution is 6.07. The minimum atomic E-state index is 0.222. The topological polar surface area (TPSA) is 33.2 Å². The Kier molecular flexibility index (Phi) is 3.59. The Morgan fingerprint density at radius 1 is 1.13 bits per heavy atom. The van der Waals surface area contributed by atoms with Gasteiger partial charge in [0.2, 0.25) is 0 Å². The summed E-state index contributed by atoms with van der Waals surface area (Å²) in [6, 6.07) is 8.12. The molecule has 2 aliphatic rings. The Hall–Kier alpha value is -1.90. The molecular formula is C20H24N2O. The van der Waals surface area contributed by atoms with E-state index in [-0.39, 0.29) is 5.91 Å². The van der Waals surface area contributed by atoms with Crippen molar-refractivity contribution in [3.63, 3.8) is 0 Å². The number of aryl methyl sites for hydroxylation is 1. The summed E-state index contributed by atoms with van der Waals surface area (Å²) in [7, 11) is 0. The van der Waals surface area contributed by atoms with Crippen LogP contribution >= 0.6 is 0 Å². The van der Waals surface area contributed by atoms with E-state index in [0.717, 1.165) is 54.5 Å². The van der Waals surface area contributed by atoms with Crippen LogP contribution in [0.5, 0.6) is 0 Å². The number of likely N-dealkylation sites (tertiary alicyclic amines) is 1. The van der Waals surface area contributed by atoms with Gasteiger partial charge >= 0.3 is 0 Å². The Morgan fingerprint density at radius 3 is 2.65 bits per heavy atom. The monoisotopic (exact) mass is 308 g/mol. The van der Waals surface area contributed by atoms with Gasteiger partial charge < -0.3 is 4.90 Å². The zero-order chi connectivity index (χ0) is 16.0. The zero-order valence-corrected chi connectivity index (χ0v) is 14.0. The van der Waals surface area contributed by atoms with Crippen LogP contribution in [0.1, 0.15) is 48.3 Å². The molecule has 0 radical (unpaired) electrons. The van der Waals surface area contributed by atoms with Crippen molar-refractivity contribution in [1.29, 1.82) is 0 Å². The third-order valence-corrected chi connectivity index (χ3v) is 5.29. The number of hydrogen-bond donors (Lipinski definition) is 0. The molecular weight excluding hydrogens is 284 g/mol. The van der Waals surface area contributed by atoms with Crippen LogP contribution in [-0.2, 0) is 12.8 Å². The molecule has 2 aromatic rings. The smallest absolute Gasteiger partial charge is 0.254 e. The second-order valence-electron chi connectivity index (χ2n) is 7.44. The predicted molar refractivity (Wildman–Crippen MR) is 92.6 cm³/mol. The number of carbonyl (C=O) groups is 1. The molecule has 0 spiro atoms. The molecule has 2 atom stereocenters. The highest BCUT2D eigenvalue weighted by Crippen LogP contribution is 2.32. The third-order valence-electron chi connectivity index (χ3n) is 5.29. The van der Waals surface area contributed by atoms with E-state index in [2.05, 4.69) is 24.8 Å². The average Bonchev–Trinajstić information content (AvgIpc) is 2.98.